The number of rotatable bonds is 4. The van der Waals surface area contributed by atoms with Gasteiger partial charge in [0.25, 0.3) is 5.91 Å². The number of anilines is 1. The Morgan fingerprint density at radius 3 is 2.08 bits per heavy atom. The number of carbonyl (C=O) groups is 1. The molecule has 3 rings (SSSR count). The number of amides is 1. The number of carbonyl (C=O) groups excluding carboxylic acids is 1. The first-order valence-corrected chi connectivity index (χ1v) is 7.89. The van der Waals surface area contributed by atoms with Gasteiger partial charge in [0.2, 0.25) is 5.75 Å². The second-order valence-electron chi connectivity index (χ2n) is 5.90. The third-order valence-corrected chi connectivity index (χ3v) is 4.49. The predicted molar refractivity (Wildman–Crippen MR) is 97.9 cm³/mol. The molecule has 25 heavy (non-hydrogen) atoms. The topological polar surface area (TPSA) is 48.0 Å². The highest BCUT2D eigenvalue weighted by molar-refractivity contribution is 6.24. The minimum Gasteiger partial charge on any atom is -0.493 e. The SMILES string of the molecule is C=C1c2cc(OC)c(OC)c(OC)c2C(=O)N1c1c(C)cccc1C. The Balaban J connectivity index is 2.27. The van der Waals surface area contributed by atoms with Crippen LogP contribution in [0.3, 0.4) is 0 Å². The summed E-state index contributed by atoms with van der Waals surface area (Å²) in [5.74, 6) is 1.07. The molecule has 5 nitrogen and oxygen atoms in total. The van der Waals surface area contributed by atoms with Gasteiger partial charge in [-0.2, -0.15) is 0 Å². The molecule has 0 N–H and O–H groups in total. The predicted octanol–water partition coefficient (Wildman–Crippen LogP) is 3.96. The van der Waals surface area contributed by atoms with Crippen molar-refractivity contribution >= 4 is 17.3 Å². The van der Waals surface area contributed by atoms with Gasteiger partial charge in [0.05, 0.1) is 38.3 Å². The molecule has 5 heteroatoms. The minimum absolute atomic E-state index is 0.185. The molecule has 0 unspecified atom stereocenters. The van der Waals surface area contributed by atoms with Gasteiger partial charge in [0.1, 0.15) is 0 Å². The van der Waals surface area contributed by atoms with Gasteiger partial charge >= 0.3 is 0 Å². The first-order chi connectivity index (χ1) is 12.0. The molecule has 1 aliphatic rings. The number of benzene rings is 2. The molecule has 130 valence electrons. The molecular formula is C20H21NO4. The fourth-order valence-corrected chi connectivity index (χ4v) is 3.35. The maximum atomic E-state index is 13.2. The Bertz CT molecular complexity index is 866. The van der Waals surface area contributed by atoms with E-state index in [0.717, 1.165) is 16.8 Å². The largest absolute Gasteiger partial charge is 0.493 e. The quantitative estimate of drug-likeness (QED) is 0.846. The fraction of sp³-hybridized carbons (Fsp3) is 0.250. The van der Waals surface area contributed by atoms with E-state index < -0.39 is 0 Å². The lowest BCUT2D eigenvalue weighted by atomic mass is 10.1. The summed E-state index contributed by atoms with van der Waals surface area (Å²) in [6, 6.07) is 7.69. The Morgan fingerprint density at radius 1 is 0.960 bits per heavy atom. The number of ether oxygens (including phenoxy) is 3. The minimum atomic E-state index is -0.185. The van der Waals surface area contributed by atoms with Crippen LogP contribution in [0.1, 0.15) is 27.0 Å². The van der Waals surface area contributed by atoms with Gasteiger partial charge in [-0.15, -0.1) is 0 Å². The second-order valence-corrected chi connectivity index (χ2v) is 5.90. The van der Waals surface area contributed by atoms with Gasteiger partial charge in [-0.25, -0.2) is 0 Å². The highest BCUT2D eigenvalue weighted by Gasteiger charge is 2.39. The zero-order chi connectivity index (χ0) is 18.3. The van der Waals surface area contributed by atoms with Crippen molar-refractivity contribution in [3.63, 3.8) is 0 Å². The van der Waals surface area contributed by atoms with Gasteiger partial charge in [-0.1, -0.05) is 24.8 Å². The number of hydrogen-bond acceptors (Lipinski definition) is 4. The molecule has 2 aromatic rings. The van der Waals surface area contributed by atoms with Gasteiger partial charge in [-0.3, -0.25) is 9.69 Å². The molecular weight excluding hydrogens is 318 g/mol. The number of hydrogen-bond donors (Lipinski definition) is 0. The summed E-state index contributed by atoms with van der Waals surface area (Å²) in [6.45, 7) is 8.10. The maximum absolute atomic E-state index is 13.2. The van der Waals surface area contributed by atoms with Crippen LogP contribution < -0.4 is 19.1 Å². The zero-order valence-corrected chi connectivity index (χ0v) is 15.1. The highest BCUT2D eigenvalue weighted by atomic mass is 16.5. The van der Waals surface area contributed by atoms with E-state index in [1.165, 1.54) is 14.2 Å². The third kappa shape index (κ3) is 2.35. The van der Waals surface area contributed by atoms with Gasteiger partial charge in [0, 0.05) is 5.56 Å². The van der Waals surface area contributed by atoms with Crippen LogP contribution in [0.2, 0.25) is 0 Å². The Kier molecular flexibility index (Phi) is 4.17. The molecule has 0 saturated carbocycles. The molecule has 2 aromatic carbocycles. The number of methoxy groups -OCH3 is 3. The van der Waals surface area contributed by atoms with Gasteiger partial charge in [-0.05, 0) is 31.0 Å². The van der Waals surface area contributed by atoms with Crippen molar-refractivity contribution < 1.29 is 19.0 Å². The standard InChI is InChI=1S/C20H21NO4/c1-11-8-7-9-12(2)17(11)21-13(3)14-10-15(23-4)18(24-5)19(25-6)16(14)20(21)22/h7-10H,3H2,1-2,4-6H3. The van der Waals surface area contributed by atoms with E-state index >= 15 is 0 Å². The van der Waals surface area contributed by atoms with Crippen molar-refractivity contribution in [1.29, 1.82) is 0 Å². The summed E-state index contributed by atoms with van der Waals surface area (Å²) in [5.41, 5.74) is 4.56. The Hall–Kier alpha value is -2.95. The lowest BCUT2D eigenvalue weighted by Crippen LogP contribution is -2.24. The van der Waals surface area contributed by atoms with Crippen LogP contribution in [-0.2, 0) is 0 Å². The summed E-state index contributed by atoms with van der Waals surface area (Å²) in [6.07, 6.45) is 0. The molecule has 0 fully saturated rings. The van der Waals surface area contributed by atoms with Crippen LogP contribution >= 0.6 is 0 Å². The number of nitrogens with zero attached hydrogens (tertiary/aromatic N) is 1. The molecule has 1 heterocycles. The highest BCUT2D eigenvalue weighted by Crippen LogP contribution is 2.49. The lowest BCUT2D eigenvalue weighted by Gasteiger charge is -2.22. The van der Waals surface area contributed by atoms with Crippen LogP contribution in [0, 0.1) is 13.8 Å². The normalized spacial score (nSPS) is 13.1. The summed E-state index contributed by atoms with van der Waals surface area (Å²) < 4.78 is 16.3. The first-order valence-electron chi connectivity index (χ1n) is 7.89. The van der Waals surface area contributed by atoms with Crippen molar-refractivity contribution in [2.24, 2.45) is 0 Å². The van der Waals surface area contributed by atoms with E-state index in [4.69, 9.17) is 14.2 Å². The molecule has 0 atom stereocenters. The van der Waals surface area contributed by atoms with Crippen molar-refractivity contribution in [3.8, 4) is 17.2 Å². The van der Waals surface area contributed by atoms with Gasteiger partial charge < -0.3 is 14.2 Å². The Labute approximate surface area is 147 Å². The van der Waals surface area contributed by atoms with E-state index in [2.05, 4.69) is 6.58 Å². The van der Waals surface area contributed by atoms with Crippen LogP contribution in [0.15, 0.2) is 30.8 Å². The van der Waals surface area contributed by atoms with Crippen LogP contribution in [0.5, 0.6) is 17.2 Å². The lowest BCUT2D eigenvalue weighted by molar-refractivity contribution is 0.100. The molecule has 0 aliphatic carbocycles. The van der Waals surface area contributed by atoms with E-state index in [1.54, 1.807) is 18.1 Å². The monoisotopic (exact) mass is 339 g/mol. The Morgan fingerprint density at radius 2 is 1.56 bits per heavy atom. The van der Waals surface area contributed by atoms with Crippen LogP contribution in [0.4, 0.5) is 5.69 Å². The maximum Gasteiger partial charge on any atom is 0.267 e. The average molecular weight is 339 g/mol. The molecule has 0 spiro atoms. The van der Waals surface area contributed by atoms with Crippen molar-refractivity contribution in [1.82, 2.24) is 0 Å². The number of para-hydroxylation sites is 1. The van der Waals surface area contributed by atoms with E-state index in [0.29, 0.717) is 34.1 Å². The molecule has 0 saturated heterocycles. The number of fused-ring (bicyclic) bond motifs is 1. The summed E-state index contributed by atoms with van der Waals surface area (Å²) in [5, 5.41) is 0. The van der Waals surface area contributed by atoms with Crippen LogP contribution in [-0.4, -0.2) is 27.2 Å². The smallest absolute Gasteiger partial charge is 0.267 e. The van der Waals surface area contributed by atoms with Gasteiger partial charge in [0.15, 0.2) is 11.5 Å². The molecule has 0 radical (unpaired) electrons. The van der Waals surface area contributed by atoms with E-state index in [-0.39, 0.29) is 5.91 Å². The molecule has 0 aromatic heterocycles. The van der Waals surface area contributed by atoms with E-state index in [1.807, 2.05) is 32.0 Å². The molecule has 1 amide bonds. The van der Waals surface area contributed by atoms with Crippen molar-refractivity contribution in [3.05, 3.63) is 53.1 Å². The molecule has 0 bridgehead atoms. The summed E-state index contributed by atoms with van der Waals surface area (Å²) >= 11 is 0. The average Bonchev–Trinajstić information content (AvgIpc) is 2.84. The first kappa shape index (κ1) is 16.9. The fourth-order valence-electron chi connectivity index (χ4n) is 3.35. The van der Waals surface area contributed by atoms with Crippen molar-refractivity contribution in [2.45, 2.75) is 13.8 Å². The van der Waals surface area contributed by atoms with Crippen LogP contribution in [0.25, 0.3) is 5.70 Å². The van der Waals surface area contributed by atoms with Crippen molar-refractivity contribution in [2.75, 3.05) is 26.2 Å². The van der Waals surface area contributed by atoms with E-state index in [9.17, 15) is 4.79 Å². The zero-order valence-electron chi connectivity index (χ0n) is 15.1. The molecule has 1 aliphatic heterocycles. The third-order valence-electron chi connectivity index (χ3n) is 4.49. The summed E-state index contributed by atoms with van der Waals surface area (Å²) in [4.78, 5) is 14.9. The number of aryl methyl sites for hydroxylation is 2. The second kappa shape index (κ2) is 6.16. The summed E-state index contributed by atoms with van der Waals surface area (Å²) in [7, 11) is 4.58.